The van der Waals surface area contributed by atoms with Crippen LogP contribution in [0.3, 0.4) is 0 Å². The minimum atomic E-state index is -0.775. The van der Waals surface area contributed by atoms with Crippen molar-refractivity contribution in [1.82, 2.24) is 9.88 Å². The predicted octanol–water partition coefficient (Wildman–Crippen LogP) is 3.55. The van der Waals surface area contributed by atoms with E-state index in [4.69, 9.17) is 21.3 Å². The van der Waals surface area contributed by atoms with Crippen LogP contribution in [0.5, 0.6) is 0 Å². The lowest BCUT2D eigenvalue weighted by atomic mass is 9.94. The predicted molar refractivity (Wildman–Crippen MR) is 125 cm³/mol. The monoisotopic (exact) mass is 489 g/mol. The Kier molecular flexibility index (Phi) is 8.35. The van der Waals surface area contributed by atoms with Crippen LogP contribution in [0.4, 0.5) is 4.39 Å². The van der Waals surface area contributed by atoms with Gasteiger partial charge in [-0.2, -0.15) is 27.0 Å². The van der Waals surface area contributed by atoms with Gasteiger partial charge in [-0.15, -0.1) is 11.3 Å². The number of amidine groups is 1. The summed E-state index contributed by atoms with van der Waals surface area (Å²) >= 11 is 7.70. The van der Waals surface area contributed by atoms with Crippen LogP contribution in [-0.2, 0) is 9.53 Å². The van der Waals surface area contributed by atoms with Gasteiger partial charge in [-0.3, -0.25) is 4.99 Å². The molecular formula is C19H21ClFN3O3S3. The van der Waals surface area contributed by atoms with Gasteiger partial charge in [-0.25, -0.2) is 14.2 Å². The largest absolute Gasteiger partial charge is 0.463 e. The zero-order valence-electron chi connectivity index (χ0n) is 15.9. The first kappa shape index (κ1) is 24.7. The van der Waals surface area contributed by atoms with Gasteiger partial charge in [0.1, 0.15) is 11.9 Å². The summed E-state index contributed by atoms with van der Waals surface area (Å²) < 4.78 is 18.8. The highest BCUT2D eigenvalue weighted by Crippen LogP contribution is 2.42. The van der Waals surface area contributed by atoms with Gasteiger partial charge in [0, 0.05) is 34.3 Å². The Morgan fingerprint density at radius 3 is 2.83 bits per heavy atom. The van der Waals surface area contributed by atoms with Crippen molar-refractivity contribution < 1.29 is 19.0 Å². The normalized spacial score (nSPS) is 20.1. The molecule has 1 aromatic carbocycles. The Bertz CT molecular complexity index is 985. The van der Waals surface area contributed by atoms with Crippen molar-refractivity contribution in [3.05, 3.63) is 62.5 Å². The molecule has 0 amide bonds. The summed E-state index contributed by atoms with van der Waals surface area (Å²) in [6.45, 7) is 2.23. The maximum absolute atomic E-state index is 13.6. The molecule has 6 nitrogen and oxygen atoms in total. The minimum Gasteiger partial charge on any atom is -0.463 e. The first-order valence-electron chi connectivity index (χ1n) is 8.78. The van der Waals surface area contributed by atoms with Crippen molar-refractivity contribution in [1.29, 1.82) is 0 Å². The van der Waals surface area contributed by atoms with Crippen LogP contribution < -0.4 is 0 Å². The summed E-state index contributed by atoms with van der Waals surface area (Å²) in [7, 11) is 0. The zero-order chi connectivity index (χ0) is 19.8. The average Bonchev–Trinajstić information content (AvgIpc) is 3.29. The molecule has 2 atom stereocenters. The van der Waals surface area contributed by atoms with E-state index in [-0.39, 0.29) is 45.0 Å². The number of nitrogens with zero attached hydrogens (tertiary/aromatic N) is 3. The third-order valence-corrected chi connectivity index (χ3v) is 5.71. The number of benzene rings is 1. The number of aromatic nitrogens is 1. The number of aliphatic imine (C=N–C) groups is 1. The molecule has 0 unspecified atom stereocenters. The van der Waals surface area contributed by atoms with E-state index < -0.39 is 23.9 Å². The van der Waals surface area contributed by atoms with Crippen molar-refractivity contribution in [3.8, 4) is 0 Å². The summed E-state index contributed by atoms with van der Waals surface area (Å²) in [4.78, 5) is 23.7. The lowest BCUT2D eigenvalue weighted by Crippen LogP contribution is -2.36. The van der Waals surface area contributed by atoms with Crippen molar-refractivity contribution in [2.45, 2.75) is 25.5 Å². The molecule has 1 aromatic heterocycles. The van der Waals surface area contributed by atoms with E-state index in [0.717, 1.165) is 0 Å². The molecule has 4 rings (SSSR count). The number of esters is 1. The molecule has 11 heteroatoms. The van der Waals surface area contributed by atoms with Crippen molar-refractivity contribution in [2.75, 3.05) is 13.2 Å². The molecule has 1 N–H and O–H groups in total. The molecule has 0 bridgehead atoms. The minimum absolute atomic E-state index is 0. The number of hydrogen-bond acceptors (Lipinski definition) is 7. The van der Waals surface area contributed by atoms with Crippen LogP contribution in [0.15, 0.2) is 46.0 Å². The summed E-state index contributed by atoms with van der Waals surface area (Å²) in [6, 6.07) is 3.22. The molecule has 1 fully saturated rings. The third-order valence-electron chi connectivity index (χ3n) is 4.62. The Balaban J connectivity index is 0.00000160. The van der Waals surface area contributed by atoms with E-state index >= 15 is 0 Å². The lowest BCUT2D eigenvalue weighted by Gasteiger charge is -2.31. The fraction of sp³-hybridized carbons (Fsp3) is 0.316. The molecule has 0 spiro atoms. The van der Waals surface area contributed by atoms with Gasteiger partial charge < -0.3 is 14.7 Å². The van der Waals surface area contributed by atoms with Crippen LogP contribution in [0.25, 0.3) is 0 Å². The number of aliphatic hydroxyl groups excluding tert-OH is 1. The molecule has 0 saturated carbocycles. The van der Waals surface area contributed by atoms with Gasteiger partial charge in [-0.1, -0.05) is 17.7 Å². The number of aliphatic hydroxyl groups is 1. The third kappa shape index (κ3) is 4.52. The highest BCUT2D eigenvalue weighted by Gasteiger charge is 2.42. The number of carbonyl (C=O) groups excluding carboxylic acids is 1. The maximum Gasteiger partial charge on any atom is 0.338 e. The zero-order valence-corrected chi connectivity index (χ0v) is 19.5. The number of carbonyl (C=O) groups is 1. The van der Waals surface area contributed by atoms with Crippen LogP contribution >= 0.6 is 49.9 Å². The van der Waals surface area contributed by atoms with Gasteiger partial charge in [-0.05, 0) is 19.1 Å². The summed E-state index contributed by atoms with van der Waals surface area (Å²) in [6.07, 6.45) is 1.31. The Morgan fingerprint density at radius 1 is 1.43 bits per heavy atom. The summed E-state index contributed by atoms with van der Waals surface area (Å²) in [5, 5.41) is 12.9. The maximum atomic E-state index is 13.6. The van der Waals surface area contributed by atoms with Crippen LogP contribution in [0, 0.1) is 5.82 Å². The topological polar surface area (TPSA) is 75.0 Å². The van der Waals surface area contributed by atoms with Crippen molar-refractivity contribution in [2.24, 2.45) is 4.99 Å². The van der Waals surface area contributed by atoms with Gasteiger partial charge >= 0.3 is 5.97 Å². The molecule has 2 aliphatic heterocycles. The number of halogens is 2. The summed E-state index contributed by atoms with van der Waals surface area (Å²) in [5.41, 5.74) is 1.44. The van der Waals surface area contributed by atoms with E-state index in [0.29, 0.717) is 34.2 Å². The highest BCUT2D eigenvalue weighted by molar-refractivity contribution is 7.59. The molecule has 162 valence electrons. The van der Waals surface area contributed by atoms with Gasteiger partial charge in [0.25, 0.3) is 0 Å². The number of thiazole rings is 1. The molecule has 0 radical (unpaired) electrons. The lowest BCUT2D eigenvalue weighted by molar-refractivity contribution is -0.139. The Morgan fingerprint density at radius 2 is 2.20 bits per heavy atom. The number of rotatable bonds is 4. The molecule has 0 aliphatic carbocycles. The van der Waals surface area contributed by atoms with E-state index in [9.17, 15) is 14.3 Å². The van der Waals surface area contributed by atoms with E-state index in [2.05, 4.69) is 4.98 Å². The number of ether oxygens (including phenoxy) is 1. The Labute approximate surface area is 196 Å². The van der Waals surface area contributed by atoms with E-state index in [1.165, 1.54) is 29.5 Å². The smallest absolute Gasteiger partial charge is 0.338 e. The average molecular weight is 490 g/mol. The SMILES string of the molecule is CCOC(=O)C1=C2C[C@H](O)CN2C(c2nccs2)=N[C@@H]1c1ccc(F)cc1Cl.S.S. The van der Waals surface area contributed by atoms with Crippen LogP contribution in [-0.4, -0.2) is 46.1 Å². The molecule has 1 saturated heterocycles. The van der Waals surface area contributed by atoms with Gasteiger partial charge in [0.05, 0.1) is 24.8 Å². The number of fused-ring (bicyclic) bond motifs is 1. The fourth-order valence-electron chi connectivity index (χ4n) is 3.49. The highest BCUT2D eigenvalue weighted by atomic mass is 35.5. The van der Waals surface area contributed by atoms with Crippen LogP contribution in [0.1, 0.15) is 30.0 Å². The van der Waals surface area contributed by atoms with Crippen molar-refractivity contribution >= 4 is 61.7 Å². The van der Waals surface area contributed by atoms with Gasteiger partial charge in [0.15, 0.2) is 10.8 Å². The summed E-state index contributed by atoms with van der Waals surface area (Å²) in [5.74, 6) is -0.444. The fourth-order valence-corrected chi connectivity index (χ4v) is 4.41. The molecule has 30 heavy (non-hydrogen) atoms. The second kappa shape index (κ2) is 10.1. The van der Waals surface area contributed by atoms with Crippen LogP contribution in [0.2, 0.25) is 5.02 Å². The second-order valence-corrected chi connectivity index (χ2v) is 7.71. The van der Waals surface area contributed by atoms with Crippen molar-refractivity contribution in [3.63, 3.8) is 0 Å². The van der Waals surface area contributed by atoms with E-state index in [1.54, 1.807) is 13.1 Å². The quantitative estimate of drug-likeness (QED) is 0.665. The molecular weight excluding hydrogens is 469 g/mol. The molecule has 2 aliphatic rings. The van der Waals surface area contributed by atoms with E-state index in [1.807, 2.05) is 10.3 Å². The number of hydrogen-bond donors (Lipinski definition) is 1. The molecule has 2 aromatic rings. The standard InChI is InChI=1S/C19H17ClFN3O3S.2H2S/c1-2-27-19(26)15-14-8-11(25)9-24(14)17(18-22-5-6-28-18)23-16(15)12-4-3-10(21)7-13(12)20;;/h3-7,11,16,25H,2,8-9H2,1H3;2*1H2/t11-,16+;;/m0../s1. The second-order valence-electron chi connectivity index (χ2n) is 6.41. The first-order valence-corrected chi connectivity index (χ1v) is 10.0. The Hall–Kier alpha value is -1.59. The molecule has 3 heterocycles. The first-order chi connectivity index (χ1) is 13.5. The van der Waals surface area contributed by atoms with Gasteiger partial charge in [0.2, 0.25) is 0 Å².